The highest BCUT2D eigenvalue weighted by molar-refractivity contribution is 8.02. The smallest absolute Gasteiger partial charge is 0.249 e. The Balaban J connectivity index is 1.26. The van der Waals surface area contributed by atoms with Crippen LogP contribution in [0.1, 0.15) is 31.9 Å². The van der Waals surface area contributed by atoms with E-state index in [1.807, 2.05) is 44.2 Å². The first-order valence-corrected chi connectivity index (χ1v) is 16.5. The number of nitrogens with one attached hydrogen (secondary N) is 1. The third-order valence-corrected chi connectivity index (χ3v) is 10.8. The molecule has 3 aromatic rings. The van der Waals surface area contributed by atoms with E-state index < -0.39 is 33.6 Å². The monoisotopic (exact) mass is 613 g/mol. The van der Waals surface area contributed by atoms with Gasteiger partial charge < -0.3 is 20.5 Å². The molecule has 8 nitrogen and oxygen atoms in total. The maximum Gasteiger partial charge on any atom is 0.249 e. The van der Waals surface area contributed by atoms with Gasteiger partial charge in [-0.2, -0.15) is 4.31 Å². The zero-order valence-corrected chi connectivity index (χ0v) is 25.2. The van der Waals surface area contributed by atoms with Crippen LogP contribution in [0, 0.1) is 11.7 Å². The largest absolute Gasteiger partial charge is 0.350 e. The van der Waals surface area contributed by atoms with Gasteiger partial charge in [0.25, 0.3) is 0 Å². The van der Waals surface area contributed by atoms with Crippen LogP contribution >= 0.6 is 11.8 Å². The third kappa shape index (κ3) is 7.04. The molecule has 11 heteroatoms. The number of hydrogen-bond acceptors (Lipinski definition) is 7. The highest BCUT2D eigenvalue weighted by Crippen LogP contribution is 2.33. The molecule has 0 aliphatic carbocycles. The topological polar surface area (TPSA) is 114 Å². The van der Waals surface area contributed by atoms with E-state index in [1.165, 1.54) is 28.2 Å². The summed E-state index contributed by atoms with van der Waals surface area (Å²) in [6.45, 7) is 4.52. The van der Waals surface area contributed by atoms with Gasteiger partial charge in [0.05, 0.1) is 17.5 Å². The van der Waals surface area contributed by atoms with Crippen molar-refractivity contribution in [3.63, 3.8) is 0 Å². The first-order valence-electron chi connectivity index (χ1n) is 14.0. The molecule has 5 atom stereocenters. The van der Waals surface area contributed by atoms with Crippen LogP contribution in [0.4, 0.5) is 4.39 Å². The van der Waals surface area contributed by atoms with E-state index in [4.69, 9.17) is 15.2 Å². The summed E-state index contributed by atoms with van der Waals surface area (Å²) in [5.74, 6) is -0.0855. The van der Waals surface area contributed by atoms with Gasteiger partial charge in [0.2, 0.25) is 15.9 Å². The van der Waals surface area contributed by atoms with E-state index in [9.17, 15) is 17.6 Å². The number of nitrogens with two attached hydrogens (primary N) is 1. The lowest BCUT2D eigenvalue weighted by Crippen LogP contribution is -2.45. The van der Waals surface area contributed by atoms with Crippen molar-refractivity contribution in [2.24, 2.45) is 11.7 Å². The molecule has 3 aromatic carbocycles. The summed E-state index contributed by atoms with van der Waals surface area (Å²) in [5, 5.41) is 2.05. The summed E-state index contributed by atoms with van der Waals surface area (Å²) >= 11 is 1.27. The Kier molecular flexibility index (Phi) is 9.66. The van der Waals surface area contributed by atoms with Gasteiger partial charge in [0.1, 0.15) is 17.3 Å². The number of epoxide rings is 1. The van der Waals surface area contributed by atoms with Crippen LogP contribution in [0.2, 0.25) is 0 Å². The highest BCUT2D eigenvalue weighted by Gasteiger charge is 2.46. The van der Waals surface area contributed by atoms with Crippen molar-refractivity contribution in [2.75, 3.05) is 18.9 Å². The Hall–Kier alpha value is -2.80. The van der Waals surface area contributed by atoms with Crippen LogP contribution in [0.25, 0.3) is 11.1 Å². The van der Waals surface area contributed by atoms with E-state index in [2.05, 4.69) is 5.32 Å². The molecule has 2 saturated heterocycles. The van der Waals surface area contributed by atoms with Crippen LogP contribution in [0.15, 0.2) is 83.8 Å². The molecule has 2 unspecified atom stereocenters. The third-order valence-electron chi connectivity index (χ3n) is 7.55. The van der Waals surface area contributed by atoms with E-state index in [0.717, 1.165) is 11.1 Å². The average molecular weight is 614 g/mol. The fraction of sp³-hybridized carbons (Fsp3) is 0.387. The number of hydrogen-bond donors (Lipinski definition) is 2. The fourth-order valence-corrected chi connectivity index (χ4v) is 8.03. The van der Waals surface area contributed by atoms with Crippen LogP contribution in [-0.4, -0.2) is 61.3 Å². The van der Waals surface area contributed by atoms with Crippen LogP contribution < -0.4 is 11.1 Å². The van der Waals surface area contributed by atoms with Gasteiger partial charge in [-0.05, 0) is 53.3 Å². The summed E-state index contributed by atoms with van der Waals surface area (Å²) in [5.41, 5.74) is 8.73. The van der Waals surface area contributed by atoms with Crippen molar-refractivity contribution in [1.82, 2.24) is 9.62 Å². The number of amides is 1. The Bertz CT molecular complexity index is 1460. The van der Waals surface area contributed by atoms with Gasteiger partial charge >= 0.3 is 0 Å². The molecule has 0 aromatic heterocycles. The lowest BCUT2D eigenvalue weighted by Gasteiger charge is -2.26. The van der Waals surface area contributed by atoms with Crippen LogP contribution in [0.3, 0.4) is 0 Å². The normalized spacial score (nSPS) is 22.2. The number of ether oxygens (including phenoxy) is 2. The zero-order valence-electron chi connectivity index (χ0n) is 23.6. The van der Waals surface area contributed by atoms with E-state index >= 15 is 0 Å². The number of carbonyl (C=O) groups excluding carboxylic acids is 1. The maximum absolute atomic E-state index is 13.7. The molecule has 3 N–H and O–H groups in total. The second-order valence-corrected chi connectivity index (χ2v) is 13.9. The predicted octanol–water partition coefficient (Wildman–Crippen LogP) is 4.53. The van der Waals surface area contributed by atoms with Gasteiger partial charge in [0.15, 0.2) is 6.29 Å². The van der Waals surface area contributed by atoms with Gasteiger partial charge in [-0.3, -0.25) is 4.79 Å². The summed E-state index contributed by atoms with van der Waals surface area (Å²) in [7, 11) is -3.93. The summed E-state index contributed by atoms with van der Waals surface area (Å²) in [4.78, 5) is 13.7. The van der Waals surface area contributed by atoms with Crippen molar-refractivity contribution in [3.8, 4) is 11.1 Å². The summed E-state index contributed by atoms with van der Waals surface area (Å²) in [6.07, 6.45) is -0.183. The van der Waals surface area contributed by atoms with Gasteiger partial charge in [-0.1, -0.05) is 68.4 Å². The van der Waals surface area contributed by atoms with Gasteiger partial charge in [-0.15, -0.1) is 11.8 Å². The Morgan fingerprint density at radius 3 is 2.40 bits per heavy atom. The molecule has 224 valence electrons. The van der Waals surface area contributed by atoms with Crippen molar-refractivity contribution >= 4 is 27.7 Å². The summed E-state index contributed by atoms with van der Waals surface area (Å²) in [6, 6.07) is 21.6. The molecular formula is C31H36FN3O5S2. The first-order chi connectivity index (χ1) is 20.1. The van der Waals surface area contributed by atoms with E-state index in [1.54, 1.807) is 36.4 Å². The SMILES string of the molecule is CC(C)[C@H](N)C1OC1OCC[C@H](NC(=O)[C@@H]1SCCN1S(=O)(=O)c1ccc(-c2ccccc2)cc1)c1ccc(F)cc1. The molecule has 2 fully saturated rings. The Morgan fingerprint density at radius 2 is 1.74 bits per heavy atom. The quantitative estimate of drug-likeness (QED) is 0.289. The molecule has 0 bridgehead atoms. The second kappa shape index (κ2) is 13.2. The molecule has 2 aliphatic heterocycles. The predicted molar refractivity (Wildman–Crippen MR) is 161 cm³/mol. The van der Waals surface area contributed by atoms with E-state index in [-0.39, 0.29) is 41.9 Å². The Morgan fingerprint density at radius 1 is 1.07 bits per heavy atom. The summed E-state index contributed by atoms with van der Waals surface area (Å²) < 4.78 is 53.6. The van der Waals surface area contributed by atoms with Crippen LogP contribution in [0.5, 0.6) is 0 Å². The van der Waals surface area contributed by atoms with Crippen molar-refractivity contribution in [1.29, 1.82) is 0 Å². The minimum atomic E-state index is -3.93. The molecule has 5 rings (SSSR count). The fourth-order valence-electron chi connectivity index (χ4n) is 4.95. The Labute approximate surface area is 250 Å². The number of nitrogens with zero attached hydrogens (tertiary/aromatic N) is 1. The number of sulfonamides is 1. The average Bonchev–Trinajstić information content (AvgIpc) is 3.58. The number of carbonyl (C=O) groups is 1. The van der Waals surface area contributed by atoms with Crippen molar-refractivity contribution < 1.29 is 27.1 Å². The van der Waals surface area contributed by atoms with Crippen LogP contribution in [-0.2, 0) is 24.3 Å². The minimum absolute atomic E-state index is 0.129. The standard InChI is InChI=1S/C31H36FN3O5S2/c1-20(2)27(33)28-31(40-28)39-18-16-26(23-8-12-24(32)13-9-23)34-29(36)30-35(17-19-41-30)42(37,38)25-14-10-22(11-15-25)21-6-4-3-5-7-21/h3-15,20,26-28,30-31H,16-19,33H2,1-2H3,(H,34,36)/t26-,27-,28?,30-,31?/m0/s1. The molecular weight excluding hydrogens is 577 g/mol. The molecule has 2 aliphatic rings. The van der Waals surface area contributed by atoms with E-state index in [0.29, 0.717) is 17.7 Å². The lowest BCUT2D eigenvalue weighted by molar-refractivity contribution is -0.123. The number of benzene rings is 3. The lowest BCUT2D eigenvalue weighted by atomic mass is 10.0. The zero-order chi connectivity index (χ0) is 29.9. The molecule has 0 saturated carbocycles. The minimum Gasteiger partial charge on any atom is -0.350 e. The highest BCUT2D eigenvalue weighted by atomic mass is 32.2. The first kappa shape index (κ1) is 30.7. The number of halogens is 1. The van der Waals surface area contributed by atoms with Crippen molar-refractivity contribution in [2.45, 2.75) is 55.0 Å². The molecule has 1 amide bonds. The molecule has 2 heterocycles. The van der Waals surface area contributed by atoms with Crippen molar-refractivity contribution in [3.05, 3.63) is 90.2 Å². The molecule has 42 heavy (non-hydrogen) atoms. The number of thioether (sulfide) groups is 1. The molecule has 0 spiro atoms. The van der Waals surface area contributed by atoms with Gasteiger partial charge in [0, 0.05) is 18.3 Å². The molecule has 0 radical (unpaired) electrons. The number of rotatable bonds is 12. The van der Waals surface area contributed by atoms with Gasteiger partial charge in [-0.25, -0.2) is 12.8 Å². The maximum atomic E-state index is 13.7. The second-order valence-electron chi connectivity index (χ2n) is 10.8.